The van der Waals surface area contributed by atoms with Gasteiger partial charge in [-0.2, -0.15) is 0 Å². The molecule has 114 valence electrons. The quantitative estimate of drug-likeness (QED) is 0.720. The van der Waals surface area contributed by atoms with E-state index < -0.39 is 0 Å². The summed E-state index contributed by atoms with van der Waals surface area (Å²) in [7, 11) is 0. The van der Waals surface area contributed by atoms with E-state index in [1.807, 2.05) is 22.9 Å². The Kier molecular flexibility index (Phi) is 6.41. The van der Waals surface area contributed by atoms with Crippen molar-refractivity contribution in [2.75, 3.05) is 0 Å². The Bertz CT molecular complexity index is 522. The Hall–Kier alpha value is -1.68. The number of rotatable bonds is 9. The summed E-state index contributed by atoms with van der Waals surface area (Å²) in [5.41, 5.74) is 2.97. The van der Waals surface area contributed by atoms with E-state index in [0.29, 0.717) is 5.69 Å². The predicted molar refractivity (Wildman–Crippen MR) is 84.0 cm³/mol. The maximum atomic E-state index is 9.44. The van der Waals surface area contributed by atoms with Gasteiger partial charge in [0.2, 0.25) is 0 Å². The van der Waals surface area contributed by atoms with Crippen LogP contribution in [0.3, 0.4) is 0 Å². The Morgan fingerprint density at radius 1 is 1.05 bits per heavy atom. The number of aryl methyl sites for hydroxylation is 1. The van der Waals surface area contributed by atoms with E-state index in [1.165, 1.54) is 31.2 Å². The van der Waals surface area contributed by atoms with Crippen molar-refractivity contribution in [2.45, 2.75) is 58.6 Å². The fourth-order valence-electron chi connectivity index (χ4n) is 2.52. The van der Waals surface area contributed by atoms with Crippen molar-refractivity contribution in [1.29, 1.82) is 0 Å². The summed E-state index contributed by atoms with van der Waals surface area (Å²) in [6.07, 6.45) is 6.97. The van der Waals surface area contributed by atoms with Crippen LogP contribution in [0.1, 0.15) is 56.0 Å². The van der Waals surface area contributed by atoms with Crippen LogP contribution < -0.4 is 0 Å². The van der Waals surface area contributed by atoms with Gasteiger partial charge in [0.05, 0.1) is 12.3 Å². The van der Waals surface area contributed by atoms with Crippen molar-refractivity contribution in [3.63, 3.8) is 0 Å². The van der Waals surface area contributed by atoms with Gasteiger partial charge in [-0.3, -0.25) is 0 Å². The summed E-state index contributed by atoms with van der Waals surface area (Å²) >= 11 is 0. The van der Waals surface area contributed by atoms with Crippen LogP contribution in [-0.4, -0.2) is 20.1 Å². The van der Waals surface area contributed by atoms with E-state index >= 15 is 0 Å². The third-order valence-corrected chi connectivity index (χ3v) is 3.76. The second kappa shape index (κ2) is 8.57. The fourth-order valence-corrected chi connectivity index (χ4v) is 2.52. The third kappa shape index (κ3) is 4.67. The summed E-state index contributed by atoms with van der Waals surface area (Å²) in [5.74, 6) is 0. The van der Waals surface area contributed by atoms with Gasteiger partial charge in [-0.1, -0.05) is 68.2 Å². The highest BCUT2D eigenvalue weighted by Gasteiger charge is 2.12. The number of nitrogens with zero attached hydrogens (tertiary/aromatic N) is 3. The molecule has 0 fully saturated rings. The zero-order chi connectivity index (χ0) is 14.9. The van der Waals surface area contributed by atoms with Crippen molar-refractivity contribution in [1.82, 2.24) is 15.0 Å². The maximum Gasteiger partial charge on any atom is 0.112 e. The standard InChI is InChI=1S/C17H25N3O/c1-2-3-4-5-9-12-20-17(16(14-21)18-19-20)13-15-10-7-6-8-11-15/h6-8,10-11,21H,2-5,9,12-14H2,1H3. The third-order valence-electron chi connectivity index (χ3n) is 3.76. The minimum Gasteiger partial charge on any atom is -0.390 e. The minimum atomic E-state index is -0.0436. The molecule has 0 saturated carbocycles. The summed E-state index contributed by atoms with van der Waals surface area (Å²) < 4.78 is 1.96. The average molecular weight is 287 g/mol. The lowest BCUT2D eigenvalue weighted by Crippen LogP contribution is -2.07. The van der Waals surface area contributed by atoms with Crippen LogP contribution >= 0.6 is 0 Å². The van der Waals surface area contributed by atoms with E-state index in [2.05, 4.69) is 29.4 Å². The molecule has 0 bridgehead atoms. The average Bonchev–Trinajstić information content (AvgIpc) is 2.90. The Balaban J connectivity index is 1.99. The van der Waals surface area contributed by atoms with E-state index in [4.69, 9.17) is 0 Å². The van der Waals surface area contributed by atoms with Crippen molar-refractivity contribution < 1.29 is 5.11 Å². The van der Waals surface area contributed by atoms with Gasteiger partial charge in [0.1, 0.15) is 5.69 Å². The first kappa shape index (κ1) is 15.7. The predicted octanol–water partition coefficient (Wildman–Crippen LogP) is 3.33. The maximum absolute atomic E-state index is 9.44. The van der Waals surface area contributed by atoms with Gasteiger partial charge in [0, 0.05) is 13.0 Å². The van der Waals surface area contributed by atoms with Crippen LogP contribution in [0.5, 0.6) is 0 Å². The molecule has 0 saturated heterocycles. The summed E-state index contributed by atoms with van der Waals surface area (Å²) in [6, 6.07) is 10.3. The van der Waals surface area contributed by atoms with Gasteiger partial charge in [-0.05, 0) is 12.0 Å². The van der Waals surface area contributed by atoms with Gasteiger partial charge in [-0.15, -0.1) is 5.10 Å². The number of unbranched alkanes of at least 4 members (excludes halogenated alkanes) is 4. The molecule has 0 radical (unpaired) electrons. The summed E-state index contributed by atoms with van der Waals surface area (Å²) in [5, 5.41) is 17.8. The van der Waals surface area contributed by atoms with E-state index in [-0.39, 0.29) is 6.61 Å². The molecule has 0 aliphatic rings. The second-order valence-corrected chi connectivity index (χ2v) is 5.44. The molecule has 0 aliphatic carbocycles. The van der Waals surface area contributed by atoms with Crippen molar-refractivity contribution in [2.24, 2.45) is 0 Å². The molecule has 2 rings (SSSR count). The highest BCUT2D eigenvalue weighted by Crippen LogP contribution is 2.14. The number of benzene rings is 1. The number of hydrogen-bond donors (Lipinski definition) is 1. The largest absolute Gasteiger partial charge is 0.390 e. The Labute approximate surface area is 126 Å². The van der Waals surface area contributed by atoms with Crippen LogP contribution in [-0.2, 0) is 19.6 Å². The van der Waals surface area contributed by atoms with Crippen LogP contribution in [0.2, 0.25) is 0 Å². The topological polar surface area (TPSA) is 50.9 Å². The first-order valence-electron chi connectivity index (χ1n) is 7.91. The monoisotopic (exact) mass is 287 g/mol. The molecule has 1 heterocycles. The van der Waals surface area contributed by atoms with Gasteiger partial charge in [0.25, 0.3) is 0 Å². The minimum absolute atomic E-state index is 0.0436. The lowest BCUT2D eigenvalue weighted by atomic mass is 10.1. The normalized spacial score (nSPS) is 11.0. The SMILES string of the molecule is CCCCCCCn1nnc(CO)c1Cc1ccccc1. The van der Waals surface area contributed by atoms with Crippen molar-refractivity contribution in [3.05, 3.63) is 47.3 Å². The van der Waals surface area contributed by atoms with Crippen molar-refractivity contribution >= 4 is 0 Å². The Morgan fingerprint density at radius 2 is 1.81 bits per heavy atom. The van der Waals surface area contributed by atoms with Gasteiger partial charge < -0.3 is 5.11 Å². The first-order chi connectivity index (χ1) is 10.3. The molecule has 2 aromatic rings. The fraction of sp³-hybridized carbons (Fsp3) is 0.529. The molecule has 4 heteroatoms. The molecule has 0 amide bonds. The molecule has 4 nitrogen and oxygen atoms in total. The van der Waals surface area contributed by atoms with Crippen molar-refractivity contribution in [3.8, 4) is 0 Å². The smallest absolute Gasteiger partial charge is 0.112 e. The zero-order valence-electron chi connectivity index (χ0n) is 12.8. The van der Waals surface area contributed by atoms with E-state index in [1.54, 1.807) is 0 Å². The molecule has 1 aromatic carbocycles. The molecule has 21 heavy (non-hydrogen) atoms. The zero-order valence-corrected chi connectivity index (χ0v) is 12.8. The molecule has 0 atom stereocenters. The van der Waals surface area contributed by atoms with Crippen LogP contribution in [0.4, 0.5) is 0 Å². The molecule has 0 aliphatic heterocycles. The molecular weight excluding hydrogens is 262 g/mol. The van der Waals surface area contributed by atoms with Gasteiger partial charge >= 0.3 is 0 Å². The summed E-state index contributed by atoms with van der Waals surface area (Å²) in [6.45, 7) is 3.07. The first-order valence-corrected chi connectivity index (χ1v) is 7.91. The number of aromatic nitrogens is 3. The van der Waals surface area contributed by atoms with Crippen LogP contribution in [0, 0.1) is 0 Å². The van der Waals surface area contributed by atoms with E-state index in [9.17, 15) is 5.11 Å². The molecule has 0 unspecified atom stereocenters. The number of aliphatic hydroxyl groups excluding tert-OH is 1. The summed E-state index contributed by atoms with van der Waals surface area (Å²) in [4.78, 5) is 0. The molecule has 1 N–H and O–H groups in total. The lowest BCUT2D eigenvalue weighted by molar-refractivity contribution is 0.275. The number of aliphatic hydroxyl groups is 1. The van der Waals surface area contributed by atoms with Gasteiger partial charge in [-0.25, -0.2) is 4.68 Å². The van der Waals surface area contributed by atoms with Gasteiger partial charge in [0.15, 0.2) is 0 Å². The van der Waals surface area contributed by atoms with Crippen LogP contribution in [0.15, 0.2) is 30.3 Å². The molecular formula is C17H25N3O. The number of hydrogen-bond acceptors (Lipinski definition) is 3. The molecule has 1 aromatic heterocycles. The van der Waals surface area contributed by atoms with Crippen LogP contribution in [0.25, 0.3) is 0 Å². The van der Waals surface area contributed by atoms with E-state index in [0.717, 1.165) is 25.1 Å². The highest BCUT2D eigenvalue weighted by molar-refractivity contribution is 5.23. The highest BCUT2D eigenvalue weighted by atomic mass is 16.3. The molecule has 0 spiro atoms. The second-order valence-electron chi connectivity index (χ2n) is 5.44. The Morgan fingerprint density at radius 3 is 2.52 bits per heavy atom. The lowest BCUT2D eigenvalue weighted by Gasteiger charge is -2.08.